The van der Waals surface area contributed by atoms with Crippen LogP contribution in [0.2, 0.25) is 0 Å². The fourth-order valence-corrected chi connectivity index (χ4v) is 2.13. The number of benzene rings is 1. The van der Waals surface area contributed by atoms with Gasteiger partial charge in [-0.05, 0) is 19.1 Å². The van der Waals surface area contributed by atoms with Crippen LogP contribution in [0.5, 0.6) is 0 Å². The van der Waals surface area contributed by atoms with Crippen LogP contribution >= 0.6 is 0 Å². The largest absolute Gasteiger partial charge is 0.418 e. The van der Waals surface area contributed by atoms with Gasteiger partial charge in [-0.1, -0.05) is 18.2 Å². The third-order valence-electron chi connectivity index (χ3n) is 3.19. The van der Waals surface area contributed by atoms with Crippen LogP contribution in [0.3, 0.4) is 0 Å². The van der Waals surface area contributed by atoms with Crippen molar-refractivity contribution in [2.45, 2.75) is 25.7 Å². The molecular weight excluding hydrogens is 323 g/mol. The van der Waals surface area contributed by atoms with E-state index in [2.05, 4.69) is 20.6 Å². The monoisotopic (exact) mass is 337 g/mol. The van der Waals surface area contributed by atoms with Crippen LogP contribution < -0.4 is 5.32 Å². The van der Waals surface area contributed by atoms with Gasteiger partial charge in [0, 0.05) is 11.8 Å². The lowest BCUT2D eigenvalue weighted by Gasteiger charge is -2.09. The number of hydrogen-bond acceptors (Lipinski definition) is 5. The molecule has 0 unspecified atom stereocenters. The van der Waals surface area contributed by atoms with E-state index >= 15 is 0 Å². The molecule has 0 aliphatic heterocycles. The fraction of sp³-hybridized carbons (Fsp3) is 0.267. The Morgan fingerprint density at radius 2 is 1.96 bits per heavy atom. The average Bonchev–Trinajstić information content (AvgIpc) is 3.16. The molecule has 0 spiro atoms. The third-order valence-corrected chi connectivity index (χ3v) is 3.19. The number of halogens is 3. The van der Waals surface area contributed by atoms with Gasteiger partial charge >= 0.3 is 6.18 Å². The van der Waals surface area contributed by atoms with Gasteiger partial charge in [0.1, 0.15) is 12.6 Å². The minimum atomic E-state index is -4.31. The van der Waals surface area contributed by atoms with Crippen LogP contribution in [0, 0.1) is 0 Å². The van der Waals surface area contributed by atoms with E-state index in [1.807, 2.05) is 30.3 Å². The first-order valence-electron chi connectivity index (χ1n) is 7.15. The SMILES string of the molecule is C[C@H](Nc1cnn(CC(F)(F)F)c1)c1nnc(-c2ccccc2)o1. The van der Waals surface area contributed by atoms with Gasteiger partial charge in [0.15, 0.2) is 0 Å². The predicted octanol–water partition coefficient (Wildman–Crippen LogP) is 3.67. The zero-order chi connectivity index (χ0) is 17.2. The summed E-state index contributed by atoms with van der Waals surface area (Å²) < 4.78 is 43.4. The summed E-state index contributed by atoms with van der Waals surface area (Å²) in [6.07, 6.45) is -1.72. The Bertz CT molecular complexity index is 797. The molecule has 0 radical (unpaired) electrons. The first-order chi connectivity index (χ1) is 11.4. The van der Waals surface area contributed by atoms with E-state index in [9.17, 15) is 13.2 Å². The van der Waals surface area contributed by atoms with Crippen molar-refractivity contribution >= 4 is 5.69 Å². The Labute approximate surface area is 135 Å². The van der Waals surface area contributed by atoms with Crippen LogP contribution in [0.15, 0.2) is 47.1 Å². The van der Waals surface area contributed by atoms with Gasteiger partial charge in [-0.25, -0.2) is 0 Å². The molecule has 6 nitrogen and oxygen atoms in total. The molecule has 24 heavy (non-hydrogen) atoms. The van der Waals surface area contributed by atoms with Crippen molar-refractivity contribution in [3.05, 3.63) is 48.6 Å². The van der Waals surface area contributed by atoms with E-state index in [-0.39, 0.29) is 6.04 Å². The number of nitrogens with zero attached hydrogens (tertiary/aromatic N) is 4. The Balaban J connectivity index is 1.67. The van der Waals surface area contributed by atoms with Crippen molar-refractivity contribution in [2.24, 2.45) is 0 Å². The van der Waals surface area contributed by atoms with Crippen LogP contribution in [0.4, 0.5) is 18.9 Å². The zero-order valence-electron chi connectivity index (χ0n) is 12.7. The first-order valence-corrected chi connectivity index (χ1v) is 7.15. The summed E-state index contributed by atoms with van der Waals surface area (Å²) in [5.41, 5.74) is 1.23. The van der Waals surface area contributed by atoms with E-state index in [1.54, 1.807) is 6.92 Å². The maximum absolute atomic E-state index is 12.3. The minimum absolute atomic E-state index is 0.331. The van der Waals surface area contributed by atoms with Crippen LogP contribution in [0.1, 0.15) is 18.9 Å². The highest BCUT2D eigenvalue weighted by Gasteiger charge is 2.28. The van der Waals surface area contributed by atoms with Crippen molar-refractivity contribution in [2.75, 3.05) is 5.32 Å². The van der Waals surface area contributed by atoms with Gasteiger partial charge < -0.3 is 9.73 Å². The average molecular weight is 337 g/mol. The first kappa shape index (κ1) is 16.0. The molecule has 0 amide bonds. The Hall–Kier alpha value is -2.84. The number of rotatable bonds is 5. The van der Waals surface area contributed by atoms with Gasteiger partial charge in [-0.3, -0.25) is 4.68 Å². The molecule has 1 aromatic carbocycles. The molecule has 3 aromatic rings. The van der Waals surface area contributed by atoms with Gasteiger partial charge in [-0.15, -0.1) is 10.2 Å². The Morgan fingerprint density at radius 1 is 1.21 bits per heavy atom. The molecule has 2 heterocycles. The van der Waals surface area contributed by atoms with Crippen LogP contribution in [0.25, 0.3) is 11.5 Å². The Kier molecular flexibility index (Phi) is 4.24. The molecule has 0 aliphatic rings. The second-order valence-electron chi connectivity index (χ2n) is 5.22. The zero-order valence-corrected chi connectivity index (χ0v) is 12.7. The van der Waals surface area contributed by atoms with Crippen molar-refractivity contribution < 1.29 is 17.6 Å². The molecule has 3 rings (SSSR count). The summed E-state index contributed by atoms with van der Waals surface area (Å²) in [5, 5.41) is 14.6. The minimum Gasteiger partial charge on any atom is -0.418 e. The number of hydrogen-bond donors (Lipinski definition) is 1. The van der Waals surface area contributed by atoms with Gasteiger partial charge in [0.2, 0.25) is 11.8 Å². The quantitative estimate of drug-likeness (QED) is 0.769. The van der Waals surface area contributed by atoms with Crippen molar-refractivity contribution in [3.8, 4) is 11.5 Å². The highest BCUT2D eigenvalue weighted by atomic mass is 19.4. The number of anilines is 1. The lowest BCUT2D eigenvalue weighted by Crippen LogP contribution is -2.17. The van der Waals surface area contributed by atoms with E-state index in [4.69, 9.17) is 4.42 Å². The third kappa shape index (κ3) is 3.92. The standard InChI is InChI=1S/C15H14F3N5O/c1-10(20-12-7-19-23(8-12)9-15(16,17)18)13-21-22-14(24-13)11-5-3-2-4-6-11/h2-8,10,20H,9H2,1H3/t10-/m0/s1. The lowest BCUT2D eigenvalue weighted by atomic mass is 10.2. The van der Waals surface area contributed by atoms with Crippen molar-refractivity contribution in [1.82, 2.24) is 20.0 Å². The lowest BCUT2D eigenvalue weighted by molar-refractivity contribution is -0.142. The number of aromatic nitrogens is 4. The maximum Gasteiger partial charge on any atom is 0.408 e. The normalized spacial score (nSPS) is 13.0. The van der Waals surface area contributed by atoms with E-state index in [0.717, 1.165) is 10.2 Å². The molecule has 0 fully saturated rings. The summed E-state index contributed by atoms with van der Waals surface area (Å²) in [6, 6.07) is 8.90. The highest BCUT2D eigenvalue weighted by Crippen LogP contribution is 2.23. The van der Waals surface area contributed by atoms with Crippen LogP contribution in [-0.4, -0.2) is 26.2 Å². The fourth-order valence-electron chi connectivity index (χ4n) is 2.13. The highest BCUT2D eigenvalue weighted by molar-refractivity contribution is 5.52. The van der Waals surface area contributed by atoms with E-state index < -0.39 is 12.7 Å². The molecule has 0 aliphatic carbocycles. The predicted molar refractivity (Wildman–Crippen MR) is 80.1 cm³/mol. The van der Waals surface area contributed by atoms with Crippen molar-refractivity contribution in [3.63, 3.8) is 0 Å². The molecule has 0 saturated carbocycles. The summed E-state index contributed by atoms with van der Waals surface area (Å²) in [7, 11) is 0. The van der Waals surface area contributed by atoms with Gasteiger partial charge in [0.05, 0.1) is 11.9 Å². The molecule has 0 saturated heterocycles. The maximum atomic E-state index is 12.3. The smallest absolute Gasteiger partial charge is 0.408 e. The number of nitrogens with one attached hydrogen (secondary N) is 1. The Morgan fingerprint density at radius 3 is 2.67 bits per heavy atom. The van der Waals surface area contributed by atoms with E-state index in [0.29, 0.717) is 17.5 Å². The van der Waals surface area contributed by atoms with E-state index in [1.165, 1.54) is 12.4 Å². The molecule has 2 aromatic heterocycles. The number of alkyl halides is 3. The van der Waals surface area contributed by atoms with Crippen molar-refractivity contribution in [1.29, 1.82) is 0 Å². The molecule has 0 bridgehead atoms. The van der Waals surface area contributed by atoms with Gasteiger partial charge in [-0.2, -0.15) is 18.3 Å². The molecular formula is C15H14F3N5O. The molecule has 1 atom stereocenters. The summed E-state index contributed by atoms with van der Waals surface area (Å²) in [5.74, 6) is 0.712. The van der Waals surface area contributed by atoms with Gasteiger partial charge in [0.25, 0.3) is 0 Å². The summed E-state index contributed by atoms with van der Waals surface area (Å²) in [4.78, 5) is 0. The molecule has 126 valence electrons. The van der Waals surface area contributed by atoms with Crippen LogP contribution in [-0.2, 0) is 6.54 Å². The summed E-state index contributed by atoms with van der Waals surface area (Å²) >= 11 is 0. The topological polar surface area (TPSA) is 68.8 Å². The second-order valence-corrected chi connectivity index (χ2v) is 5.22. The molecule has 1 N–H and O–H groups in total. The molecule has 9 heteroatoms. The summed E-state index contributed by atoms with van der Waals surface area (Å²) in [6.45, 7) is 0.630. The second kappa shape index (κ2) is 6.34.